The van der Waals surface area contributed by atoms with Gasteiger partial charge in [-0.3, -0.25) is 4.98 Å². The maximum absolute atomic E-state index is 10.2. The zero-order valence-corrected chi connectivity index (χ0v) is 11.5. The van der Waals surface area contributed by atoms with Gasteiger partial charge < -0.3 is 5.11 Å². The summed E-state index contributed by atoms with van der Waals surface area (Å²) >= 11 is 0. The highest BCUT2D eigenvalue weighted by Crippen LogP contribution is 2.35. The number of aromatic nitrogens is 3. The maximum atomic E-state index is 10.2. The van der Waals surface area contributed by atoms with Gasteiger partial charge in [-0.05, 0) is 25.1 Å². The number of hydrogen-bond donors (Lipinski definition) is 1. The number of nitrogens with zero attached hydrogens (tertiary/aromatic N) is 3. The Bertz CT molecular complexity index is 958. The second kappa shape index (κ2) is 4.31. The summed E-state index contributed by atoms with van der Waals surface area (Å²) in [5.41, 5.74) is 2.86. The minimum Gasteiger partial charge on any atom is -0.507 e. The second-order valence-electron chi connectivity index (χ2n) is 5.04. The third-order valence-corrected chi connectivity index (χ3v) is 3.75. The smallest absolute Gasteiger partial charge is 0.124 e. The fourth-order valence-corrected chi connectivity index (χ4v) is 2.77. The molecule has 0 bridgehead atoms. The Morgan fingerprint density at radius 2 is 1.67 bits per heavy atom. The minimum atomic E-state index is 0.287. The van der Waals surface area contributed by atoms with Crippen molar-refractivity contribution >= 4 is 21.7 Å². The summed E-state index contributed by atoms with van der Waals surface area (Å²) in [5.74, 6) is 0.287. The highest BCUT2D eigenvalue weighted by atomic mass is 16.3. The molecule has 4 heteroatoms. The van der Waals surface area contributed by atoms with Crippen LogP contribution in [0.25, 0.3) is 27.4 Å². The predicted molar refractivity (Wildman–Crippen MR) is 82.8 cm³/mol. The molecular weight excluding hydrogens is 262 g/mol. The van der Waals surface area contributed by atoms with Gasteiger partial charge in [-0.1, -0.05) is 24.3 Å². The van der Waals surface area contributed by atoms with Crippen molar-refractivity contribution in [2.45, 2.75) is 6.92 Å². The van der Waals surface area contributed by atoms with Crippen molar-refractivity contribution in [2.24, 2.45) is 0 Å². The number of pyridine rings is 1. The molecule has 0 aliphatic carbocycles. The summed E-state index contributed by atoms with van der Waals surface area (Å²) in [7, 11) is 0. The van der Waals surface area contributed by atoms with E-state index < -0.39 is 0 Å². The van der Waals surface area contributed by atoms with Crippen LogP contribution in [0.1, 0.15) is 5.69 Å². The van der Waals surface area contributed by atoms with Crippen LogP contribution < -0.4 is 0 Å². The van der Waals surface area contributed by atoms with Gasteiger partial charge >= 0.3 is 0 Å². The first-order valence-electron chi connectivity index (χ1n) is 6.76. The fourth-order valence-electron chi connectivity index (χ4n) is 2.77. The van der Waals surface area contributed by atoms with Gasteiger partial charge in [0.15, 0.2) is 0 Å². The molecule has 2 aromatic carbocycles. The van der Waals surface area contributed by atoms with Gasteiger partial charge in [0.05, 0.1) is 16.9 Å². The summed E-state index contributed by atoms with van der Waals surface area (Å²) in [6, 6.07) is 13.5. The standard InChI is InChI=1S/C17H13N3O/c1-11-15-10-16(21)13-4-2-3-5-14(13)17(15)20(19-11)12-6-8-18-9-7-12/h2-10,21H,1H3. The molecule has 102 valence electrons. The Labute approximate surface area is 121 Å². The van der Waals surface area contributed by atoms with Crippen LogP contribution in [-0.2, 0) is 0 Å². The van der Waals surface area contributed by atoms with Crippen LogP contribution in [-0.4, -0.2) is 19.9 Å². The first-order valence-corrected chi connectivity index (χ1v) is 6.76. The number of fused-ring (bicyclic) bond motifs is 3. The first-order chi connectivity index (χ1) is 10.3. The van der Waals surface area contributed by atoms with E-state index in [1.807, 2.05) is 48.0 Å². The largest absolute Gasteiger partial charge is 0.507 e. The zero-order chi connectivity index (χ0) is 14.4. The summed E-state index contributed by atoms with van der Waals surface area (Å²) in [4.78, 5) is 4.05. The van der Waals surface area contributed by atoms with Gasteiger partial charge in [0, 0.05) is 28.6 Å². The van der Waals surface area contributed by atoms with E-state index >= 15 is 0 Å². The summed E-state index contributed by atoms with van der Waals surface area (Å²) in [6.07, 6.45) is 3.50. The number of aryl methyl sites for hydroxylation is 1. The molecule has 0 spiro atoms. The van der Waals surface area contributed by atoms with E-state index in [-0.39, 0.29) is 5.75 Å². The van der Waals surface area contributed by atoms with Gasteiger partial charge in [-0.15, -0.1) is 0 Å². The molecule has 2 aromatic heterocycles. The van der Waals surface area contributed by atoms with Gasteiger partial charge in [-0.2, -0.15) is 5.10 Å². The molecule has 4 rings (SSSR count). The van der Waals surface area contributed by atoms with Crippen LogP contribution in [0, 0.1) is 6.92 Å². The average molecular weight is 275 g/mol. The molecule has 2 heterocycles. The molecule has 0 atom stereocenters. The van der Waals surface area contributed by atoms with Crippen LogP contribution in [0.15, 0.2) is 54.9 Å². The molecule has 0 radical (unpaired) electrons. The SMILES string of the molecule is Cc1nn(-c2ccncc2)c2c1cc(O)c1ccccc12. The van der Waals surface area contributed by atoms with Crippen molar-refractivity contribution in [3.8, 4) is 11.4 Å². The van der Waals surface area contributed by atoms with E-state index in [1.165, 1.54) is 0 Å². The second-order valence-corrected chi connectivity index (χ2v) is 5.04. The van der Waals surface area contributed by atoms with Crippen LogP contribution in [0.5, 0.6) is 5.75 Å². The third-order valence-electron chi connectivity index (χ3n) is 3.75. The zero-order valence-electron chi connectivity index (χ0n) is 11.5. The van der Waals surface area contributed by atoms with Gasteiger partial charge in [0.1, 0.15) is 5.75 Å². The number of aromatic hydroxyl groups is 1. The summed E-state index contributed by atoms with van der Waals surface area (Å²) in [5, 5.41) is 17.6. The average Bonchev–Trinajstić information content (AvgIpc) is 2.86. The highest BCUT2D eigenvalue weighted by Gasteiger charge is 2.14. The Morgan fingerprint density at radius 3 is 2.43 bits per heavy atom. The van der Waals surface area contributed by atoms with Crippen LogP contribution in [0.4, 0.5) is 0 Å². The fraction of sp³-hybridized carbons (Fsp3) is 0.0588. The van der Waals surface area contributed by atoms with Crippen molar-refractivity contribution in [3.05, 3.63) is 60.6 Å². The Hall–Kier alpha value is -2.88. The molecule has 0 fully saturated rings. The molecule has 4 aromatic rings. The molecule has 0 saturated carbocycles. The Kier molecular flexibility index (Phi) is 2.44. The van der Waals surface area contributed by atoms with E-state index in [0.29, 0.717) is 0 Å². The summed E-state index contributed by atoms with van der Waals surface area (Å²) < 4.78 is 1.91. The lowest BCUT2D eigenvalue weighted by Gasteiger charge is -2.07. The number of benzene rings is 2. The number of hydrogen-bond acceptors (Lipinski definition) is 3. The van der Waals surface area contributed by atoms with Crippen molar-refractivity contribution in [2.75, 3.05) is 0 Å². The lowest BCUT2D eigenvalue weighted by molar-refractivity contribution is 0.482. The Balaban J connectivity index is 2.21. The van der Waals surface area contributed by atoms with Gasteiger partial charge in [-0.25, -0.2) is 4.68 Å². The molecule has 0 unspecified atom stereocenters. The molecule has 21 heavy (non-hydrogen) atoms. The van der Waals surface area contributed by atoms with Crippen LogP contribution in [0.2, 0.25) is 0 Å². The lowest BCUT2D eigenvalue weighted by Crippen LogP contribution is -1.96. The first kappa shape index (κ1) is 11.9. The summed E-state index contributed by atoms with van der Waals surface area (Å²) in [6.45, 7) is 1.95. The maximum Gasteiger partial charge on any atom is 0.124 e. The molecule has 0 aliphatic rings. The quantitative estimate of drug-likeness (QED) is 0.577. The molecular formula is C17H13N3O. The van der Waals surface area contributed by atoms with E-state index in [2.05, 4.69) is 10.1 Å². The van der Waals surface area contributed by atoms with Crippen molar-refractivity contribution in [1.82, 2.24) is 14.8 Å². The number of phenolic OH excluding ortho intramolecular Hbond substituents is 1. The monoisotopic (exact) mass is 275 g/mol. The lowest BCUT2D eigenvalue weighted by atomic mass is 10.1. The molecule has 4 nitrogen and oxygen atoms in total. The number of rotatable bonds is 1. The molecule has 0 aliphatic heterocycles. The highest BCUT2D eigenvalue weighted by molar-refractivity contribution is 6.09. The van der Waals surface area contributed by atoms with E-state index in [1.54, 1.807) is 18.5 Å². The van der Waals surface area contributed by atoms with Gasteiger partial charge in [0.2, 0.25) is 0 Å². The normalized spacial score (nSPS) is 11.3. The van der Waals surface area contributed by atoms with Crippen LogP contribution in [0.3, 0.4) is 0 Å². The minimum absolute atomic E-state index is 0.287. The van der Waals surface area contributed by atoms with E-state index in [9.17, 15) is 5.11 Å². The van der Waals surface area contributed by atoms with E-state index in [0.717, 1.165) is 33.1 Å². The van der Waals surface area contributed by atoms with Crippen LogP contribution >= 0.6 is 0 Å². The third kappa shape index (κ3) is 1.69. The Morgan fingerprint density at radius 1 is 0.952 bits per heavy atom. The molecule has 1 N–H and O–H groups in total. The van der Waals surface area contributed by atoms with Crippen molar-refractivity contribution < 1.29 is 5.11 Å². The topological polar surface area (TPSA) is 50.9 Å². The predicted octanol–water partition coefficient (Wildman–Crippen LogP) is 3.59. The van der Waals surface area contributed by atoms with E-state index in [4.69, 9.17) is 0 Å². The van der Waals surface area contributed by atoms with Gasteiger partial charge in [0.25, 0.3) is 0 Å². The van der Waals surface area contributed by atoms with Crippen molar-refractivity contribution in [1.29, 1.82) is 0 Å². The number of phenols is 1. The van der Waals surface area contributed by atoms with Crippen molar-refractivity contribution in [3.63, 3.8) is 0 Å². The molecule has 0 saturated heterocycles. The molecule has 0 amide bonds.